The number of hydrogen-bond acceptors (Lipinski definition) is 6. The van der Waals surface area contributed by atoms with Crippen LogP contribution in [0.3, 0.4) is 0 Å². The largest absolute Gasteiger partial charge is 0.391 e. The molecule has 0 spiro atoms. The minimum Gasteiger partial charge on any atom is -0.391 e. The van der Waals surface area contributed by atoms with E-state index < -0.39 is 11.9 Å². The third kappa shape index (κ3) is 6.86. The van der Waals surface area contributed by atoms with Crippen LogP contribution in [0.4, 0.5) is 11.4 Å². The number of carbonyl (C=O) groups excluding carboxylic acids is 4. The molecule has 3 amide bonds. The maximum absolute atomic E-state index is 12.9. The quantitative estimate of drug-likeness (QED) is 0.238. The Kier molecular flexibility index (Phi) is 9.64. The van der Waals surface area contributed by atoms with Crippen molar-refractivity contribution in [1.29, 1.82) is 0 Å². The number of halogens is 1. The number of rotatable bonds is 10. The Morgan fingerprint density at radius 2 is 1.86 bits per heavy atom. The zero-order valence-electron chi connectivity index (χ0n) is 21.2. The number of anilines is 2. The van der Waals surface area contributed by atoms with Gasteiger partial charge in [0.05, 0.1) is 11.1 Å². The molecule has 37 heavy (non-hydrogen) atoms. The summed E-state index contributed by atoms with van der Waals surface area (Å²) in [5, 5.41) is 8.46. The lowest BCUT2D eigenvalue weighted by Crippen LogP contribution is -2.35. The number of aryl methyl sites for hydroxylation is 1. The van der Waals surface area contributed by atoms with Crippen molar-refractivity contribution in [3.05, 3.63) is 58.4 Å². The van der Waals surface area contributed by atoms with Gasteiger partial charge in [-0.2, -0.15) is 0 Å². The molecule has 0 saturated heterocycles. The van der Waals surface area contributed by atoms with Crippen LogP contribution in [0.2, 0.25) is 0 Å². The summed E-state index contributed by atoms with van der Waals surface area (Å²) in [6, 6.07) is 5.01. The second-order valence-corrected chi connectivity index (χ2v) is 8.88. The third-order valence-electron chi connectivity index (χ3n) is 6.12. The van der Waals surface area contributed by atoms with Crippen LogP contribution in [0.15, 0.2) is 30.4 Å². The van der Waals surface area contributed by atoms with Gasteiger partial charge in [0.25, 0.3) is 11.8 Å². The van der Waals surface area contributed by atoms with Gasteiger partial charge in [-0.3, -0.25) is 14.4 Å². The van der Waals surface area contributed by atoms with E-state index in [1.54, 1.807) is 24.3 Å². The Balaban J connectivity index is 1.82. The van der Waals surface area contributed by atoms with Gasteiger partial charge >= 0.3 is 5.97 Å². The maximum atomic E-state index is 12.9. The summed E-state index contributed by atoms with van der Waals surface area (Å²) >= 11 is 1.43. The second-order valence-electron chi connectivity index (χ2n) is 8.44. The predicted octanol–water partition coefficient (Wildman–Crippen LogP) is 3.58. The number of nitrogens with zero attached hydrogens (tertiary/aromatic N) is 1. The topological polar surface area (TPSA) is 133 Å². The highest BCUT2D eigenvalue weighted by atomic mass is 127. The molecule has 2 heterocycles. The first-order valence-corrected chi connectivity index (χ1v) is 12.7. The Hall–Kier alpha value is -3.45. The number of aromatic nitrogens is 1. The van der Waals surface area contributed by atoms with Gasteiger partial charge in [0.2, 0.25) is 5.91 Å². The Morgan fingerprint density at radius 3 is 2.54 bits per heavy atom. The van der Waals surface area contributed by atoms with Crippen molar-refractivity contribution < 1.29 is 22.2 Å². The molecule has 10 nitrogen and oxygen atoms in total. The van der Waals surface area contributed by atoms with Crippen LogP contribution in [0.1, 0.15) is 46.7 Å². The first kappa shape index (κ1) is 28.1. The average Bonchev–Trinajstić information content (AvgIpc) is 3.34. The maximum Gasteiger partial charge on any atom is 0.340 e. The van der Waals surface area contributed by atoms with E-state index in [2.05, 4.69) is 42.7 Å². The van der Waals surface area contributed by atoms with Gasteiger partial charge in [-0.15, -0.1) is 0 Å². The van der Waals surface area contributed by atoms with Crippen molar-refractivity contribution in [3.63, 3.8) is 0 Å². The fourth-order valence-electron chi connectivity index (χ4n) is 4.12. The molecule has 3 rings (SSSR count). The van der Waals surface area contributed by atoms with Gasteiger partial charge in [-0.25, -0.2) is 4.79 Å². The van der Waals surface area contributed by atoms with E-state index in [1.807, 2.05) is 13.8 Å². The summed E-state index contributed by atoms with van der Waals surface area (Å²) in [5.74, 6) is -1.63. The summed E-state index contributed by atoms with van der Waals surface area (Å²) < 4.78 is 4.45. The number of likely N-dealkylation sites (N-methyl/N-ethyl adjacent to an activating group) is 1. The average molecular weight is 619 g/mol. The molecule has 1 aromatic carbocycles. The second kappa shape index (κ2) is 12.7. The number of H-pyrrole nitrogens is 1. The van der Waals surface area contributed by atoms with Gasteiger partial charge in [0.1, 0.15) is 0 Å². The van der Waals surface area contributed by atoms with E-state index >= 15 is 0 Å². The van der Waals surface area contributed by atoms with Crippen LogP contribution in [0, 0.1) is 13.8 Å². The highest BCUT2D eigenvalue weighted by Crippen LogP contribution is 2.35. The first-order valence-electron chi connectivity index (χ1n) is 11.9. The van der Waals surface area contributed by atoms with Crippen molar-refractivity contribution in [3.8, 4) is 0 Å². The summed E-state index contributed by atoms with van der Waals surface area (Å²) in [6.45, 7) is 11.0. The molecule has 11 heteroatoms. The van der Waals surface area contributed by atoms with Crippen LogP contribution in [-0.2, 0) is 17.4 Å². The Morgan fingerprint density at radius 1 is 1.14 bits per heavy atom. The number of aromatic amines is 1. The van der Waals surface area contributed by atoms with Crippen LogP contribution in [0.25, 0.3) is 11.6 Å². The molecule has 0 bridgehead atoms. The lowest BCUT2D eigenvalue weighted by atomic mass is 10.0. The molecule has 1 aromatic heterocycles. The first-order chi connectivity index (χ1) is 17.7. The van der Waals surface area contributed by atoms with Gasteiger partial charge in [-0.05, 0) is 56.8 Å². The van der Waals surface area contributed by atoms with Crippen LogP contribution in [-0.4, -0.2) is 59.8 Å². The van der Waals surface area contributed by atoms with Gasteiger partial charge in [0, 0.05) is 53.6 Å². The van der Waals surface area contributed by atoms with Crippen LogP contribution < -0.4 is 16.0 Å². The fraction of sp³-hybridized carbons (Fsp3) is 0.308. The minimum atomic E-state index is -0.654. The molecule has 1 aliphatic heterocycles. The number of benzene rings is 1. The Labute approximate surface area is 229 Å². The highest BCUT2D eigenvalue weighted by Gasteiger charge is 2.26. The van der Waals surface area contributed by atoms with Crippen molar-refractivity contribution in [1.82, 2.24) is 15.2 Å². The van der Waals surface area contributed by atoms with Gasteiger partial charge in [-0.1, -0.05) is 13.8 Å². The number of fused-ring (bicyclic) bond motifs is 1. The molecule has 196 valence electrons. The van der Waals surface area contributed by atoms with E-state index in [9.17, 15) is 19.2 Å². The molecular formula is C26H30IN5O5. The lowest BCUT2D eigenvalue weighted by molar-refractivity contribution is -0.126. The molecule has 0 aliphatic carbocycles. The van der Waals surface area contributed by atoms with E-state index in [1.165, 1.54) is 23.0 Å². The normalized spacial score (nSPS) is 13.7. The predicted molar refractivity (Wildman–Crippen MR) is 151 cm³/mol. The minimum absolute atomic E-state index is 0.163. The lowest BCUT2D eigenvalue weighted by Gasteiger charge is -2.18. The zero-order valence-corrected chi connectivity index (χ0v) is 23.3. The summed E-state index contributed by atoms with van der Waals surface area (Å²) in [7, 11) is 0. The number of nitrogens with one attached hydrogen (secondary N) is 4. The highest BCUT2D eigenvalue weighted by molar-refractivity contribution is 14.1. The van der Waals surface area contributed by atoms with E-state index in [0.29, 0.717) is 46.0 Å². The summed E-state index contributed by atoms with van der Waals surface area (Å²) in [5.41, 5.74) is 4.72. The van der Waals surface area contributed by atoms with E-state index in [-0.39, 0.29) is 11.8 Å². The molecule has 0 atom stereocenters. The molecule has 0 unspecified atom stereocenters. The SMILES string of the molecule is CCN(CC)CCNC(=O)c1c(C)[nH]c(/C=C2\C(=O)Nc3ccc(NC(=O)/C=C\C(=O)OI)cc32)c1C. The standard InChI is InChI=1S/C26H30IN5O5/c1-5-32(6-2)12-11-28-26(36)24-15(3)21(29-16(24)4)14-19-18-13-17(7-8-20(18)31-25(19)35)30-22(33)9-10-23(34)37-27/h7-10,13-14,29H,5-6,11-12H2,1-4H3,(H,28,36)(H,30,33)(H,31,35)/b10-9-,19-14-. The molecule has 4 N–H and O–H groups in total. The van der Waals surface area contributed by atoms with Crippen molar-refractivity contribution in [2.45, 2.75) is 27.7 Å². The van der Waals surface area contributed by atoms with Crippen molar-refractivity contribution in [2.24, 2.45) is 0 Å². The van der Waals surface area contributed by atoms with E-state index in [0.717, 1.165) is 37.3 Å². The van der Waals surface area contributed by atoms with Gasteiger partial charge < -0.3 is 28.9 Å². The Bertz CT molecular complexity index is 1280. The van der Waals surface area contributed by atoms with Crippen LogP contribution >= 0.6 is 23.0 Å². The fourth-order valence-corrected chi connectivity index (χ4v) is 4.27. The molecule has 0 fully saturated rings. The molecule has 2 aromatic rings. The molecule has 0 saturated carbocycles. The smallest absolute Gasteiger partial charge is 0.340 e. The van der Waals surface area contributed by atoms with Crippen molar-refractivity contribution >= 4 is 69.7 Å². The number of hydrogen-bond donors (Lipinski definition) is 4. The summed E-state index contributed by atoms with van der Waals surface area (Å²) in [4.78, 5) is 54.4. The zero-order chi connectivity index (χ0) is 27.1. The van der Waals surface area contributed by atoms with Gasteiger partial charge in [0.15, 0.2) is 23.0 Å². The van der Waals surface area contributed by atoms with Crippen LogP contribution in [0.5, 0.6) is 0 Å². The summed E-state index contributed by atoms with van der Waals surface area (Å²) in [6.07, 6.45) is 3.78. The molecular weight excluding hydrogens is 589 g/mol. The van der Waals surface area contributed by atoms with E-state index in [4.69, 9.17) is 0 Å². The third-order valence-corrected chi connectivity index (χ3v) is 6.55. The number of carbonyl (C=O) groups is 4. The molecule has 0 radical (unpaired) electrons. The number of amides is 3. The van der Waals surface area contributed by atoms with Crippen molar-refractivity contribution in [2.75, 3.05) is 36.8 Å². The molecule has 1 aliphatic rings. The monoisotopic (exact) mass is 619 g/mol.